The van der Waals surface area contributed by atoms with Crippen LogP contribution in [0.2, 0.25) is 0 Å². The third-order valence-electron chi connectivity index (χ3n) is 5.65. The standard InChI is InChI=1S/C21H24N4O3/c1-13-6-5-7-16(14(13)2)24-8-10-25(11-9-24)21(27)17-15(3)28-19-18(17)20(26)23(4)12-22-19/h5-7,12H,8-11H2,1-4H3. The molecule has 4 rings (SSSR count). The molecule has 3 heterocycles. The van der Waals surface area contributed by atoms with Crippen molar-refractivity contribution in [1.82, 2.24) is 14.5 Å². The van der Waals surface area contributed by atoms with Gasteiger partial charge in [0, 0.05) is 38.9 Å². The first-order valence-electron chi connectivity index (χ1n) is 9.43. The second kappa shape index (κ2) is 6.82. The molecule has 0 unspecified atom stereocenters. The summed E-state index contributed by atoms with van der Waals surface area (Å²) in [7, 11) is 1.62. The molecule has 0 radical (unpaired) electrons. The highest BCUT2D eigenvalue weighted by Gasteiger charge is 2.29. The normalized spacial score (nSPS) is 14.7. The van der Waals surface area contributed by atoms with Gasteiger partial charge in [-0.05, 0) is 38.0 Å². The molecule has 28 heavy (non-hydrogen) atoms. The van der Waals surface area contributed by atoms with Crippen LogP contribution in [0, 0.1) is 20.8 Å². The fourth-order valence-corrected chi connectivity index (χ4v) is 3.83. The van der Waals surface area contributed by atoms with E-state index in [0.717, 1.165) is 13.1 Å². The minimum atomic E-state index is -0.265. The number of furan rings is 1. The van der Waals surface area contributed by atoms with Crippen LogP contribution in [0.4, 0.5) is 5.69 Å². The van der Waals surface area contributed by atoms with Gasteiger partial charge in [0.2, 0.25) is 5.71 Å². The van der Waals surface area contributed by atoms with Gasteiger partial charge in [-0.25, -0.2) is 4.98 Å². The Bertz CT molecular complexity index is 1120. The summed E-state index contributed by atoms with van der Waals surface area (Å²) in [5.74, 6) is 0.273. The second-order valence-corrected chi connectivity index (χ2v) is 7.37. The van der Waals surface area contributed by atoms with Crippen LogP contribution >= 0.6 is 0 Å². The largest absolute Gasteiger partial charge is 0.442 e. The van der Waals surface area contributed by atoms with E-state index in [1.807, 2.05) is 0 Å². The smallest absolute Gasteiger partial charge is 0.265 e. The van der Waals surface area contributed by atoms with Gasteiger partial charge in [0.05, 0.1) is 5.56 Å². The molecule has 0 aliphatic carbocycles. The summed E-state index contributed by atoms with van der Waals surface area (Å²) in [5.41, 5.74) is 4.05. The predicted octanol–water partition coefficient (Wildman–Crippen LogP) is 2.41. The third-order valence-corrected chi connectivity index (χ3v) is 5.65. The van der Waals surface area contributed by atoms with E-state index in [-0.39, 0.29) is 22.6 Å². The van der Waals surface area contributed by atoms with E-state index in [1.54, 1.807) is 18.9 Å². The number of carbonyl (C=O) groups is 1. The Labute approximate surface area is 163 Å². The van der Waals surface area contributed by atoms with Gasteiger partial charge in [-0.15, -0.1) is 0 Å². The number of fused-ring (bicyclic) bond motifs is 1. The quantitative estimate of drug-likeness (QED) is 0.683. The van der Waals surface area contributed by atoms with Crippen molar-refractivity contribution < 1.29 is 9.21 Å². The Morgan fingerprint density at radius 2 is 1.82 bits per heavy atom. The van der Waals surface area contributed by atoms with Crippen molar-refractivity contribution in [2.45, 2.75) is 20.8 Å². The lowest BCUT2D eigenvalue weighted by Gasteiger charge is -2.37. The molecule has 3 aromatic rings. The van der Waals surface area contributed by atoms with Crippen molar-refractivity contribution in [3.63, 3.8) is 0 Å². The van der Waals surface area contributed by atoms with Crippen LogP contribution in [0.5, 0.6) is 0 Å². The van der Waals surface area contributed by atoms with Crippen LogP contribution in [0.1, 0.15) is 27.2 Å². The first-order chi connectivity index (χ1) is 13.4. The summed E-state index contributed by atoms with van der Waals surface area (Å²) in [5, 5.41) is 0.268. The highest BCUT2D eigenvalue weighted by molar-refractivity contribution is 6.06. The van der Waals surface area contributed by atoms with Crippen molar-refractivity contribution >= 4 is 22.7 Å². The molecule has 1 saturated heterocycles. The second-order valence-electron chi connectivity index (χ2n) is 7.37. The van der Waals surface area contributed by atoms with Gasteiger partial charge in [-0.3, -0.25) is 9.59 Å². The molecule has 0 N–H and O–H groups in total. The number of anilines is 1. The number of carbonyl (C=O) groups excluding carboxylic acids is 1. The maximum atomic E-state index is 13.2. The number of aromatic nitrogens is 2. The molecule has 1 aliphatic heterocycles. The minimum Gasteiger partial charge on any atom is -0.442 e. The van der Waals surface area contributed by atoms with Gasteiger partial charge in [-0.1, -0.05) is 12.1 Å². The number of aryl methyl sites for hydroxylation is 3. The highest BCUT2D eigenvalue weighted by Crippen LogP contribution is 2.26. The average molecular weight is 380 g/mol. The van der Waals surface area contributed by atoms with Crippen molar-refractivity contribution in [3.05, 3.63) is 57.3 Å². The molecule has 0 saturated carbocycles. The van der Waals surface area contributed by atoms with Gasteiger partial charge in [0.1, 0.15) is 17.5 Å². The summed E-state index contributed by atoms with van der Waals surface area (Å²) in [6.45, 7) is 8.65. The Balaban J connectivity index is 1.59. The van der Waals surface area contributed by atoms with Crippen molar-refractivity contribution in [2.24, 2.45) is 7.05 Å². The van der Waals surface area contributed by atoms with Crippen molar-refractivity contribution in [3.8, 4) is 0 Å². The number of benzene rings is 1. The summed E-state index contributed by atoms with van der Waals surface area (Å²) >= 11 is 0. The molecular formula is C21H24N4O3. The summed E-state index contributed by atoms with van der Waals surface area (Å²) in [6, 6.07) is 6.31. The molecule has 1 fully saturated rings. The van der Waals surface area contributed by atoms with Gasteiger partial charge < -0.3 is 18.8 Å². The molecular weight excluding hydrogens is 356 g/mol. The Morgan fingerprint density at radius 1 is 1.11 bits per heavy atom. The van der Waals surface area contributed by atoms with Crippen LogP contribution in [0.15, 0.2) is 33.7 Å². The lowest BCUT2D eigenvalue weighted by molar-refractivity contribution is 0.0746. The first-order valence-corrected chi connectivity index (χ1v) is 9.43. The maximum absolute atomic E-state index is 13.2. The Hall–Kier alpha value is -3.09. The van der Waals surface area contributed by atoms with E-state index in [9.17, 15) is 9.59 Å². The molecule has 1 aromatic carbocycles. The van der Waals surface area contributed by atoms with E-state index in [4.69, 9.17) is 4.42 Å². The Kier molecular flexibility index (Phi) is 4.45. The number of hydrogen-bond donors (Lipinski definition) is 0. The van der Waals surface area contributed by atoms with Crippen LogP contribution < -0.4 is 10.5 Å². The zero-order valence-electron chi connectivity index (χ0n) is 16.7. The van der Waals surface area contributed by atoms with Crippen molar-refractivity contribution in [1.29, 1.82) is 0 Å². The monoisotopic (exact) mass is 380 g/mol. The average Bonchev–Trinajstić information content (AvgIpc) is 3.03. The molecule has 0 spiro atoms. The zero-order chi connectivity index (χ0) is 20.0. The van der Waals surface area contributed by atoms with Crippen LogP contribution in [0.3, 0.4) is 0 Å². The molecule has 0 atom stereocenters. The lowest BCUT2D eigenvalue weighted by Crippen LogP contribution is -2.49. The fourth-order valence-electron chi connectivity index (χ4n) is 3.83. The van der Waals surface area contributed by atoms with E-state index < -0.39 is 0 Å². The number of piperazine rings is 1. The van der Waals surface area contributed by atoms with E-state index in [0.29, 0.717) is 24.4 Å². The van der Waals surface area contributed by atoms with Crippen LogP contribution in [-0.4, -0.2) is 46.5 Å². The topological polar surface area (TPSA) is 71.6 Å². The number of nitrogens with zero attached hydrogens (tertiary/aromatic N) is 4. The Morgan fingerprint density at radius 3 is 2.54 bits per heavy atom. The number of amides is 1. The minimum absolute atomic E-state index is 0.165. The van der Waals surface area contributed by atoms with Crippen LogP contribution in [0.25, 0.3) is 11.1 Å². The maximum Gasteiger partial charge on any atom is 0.265 e. The molecule has 1 amide bonds. The number of hydrogen-bond acceptors (Lipinski definition) is 5. The molecule has 7 nitrogen and oxygen atoms in total. The van der Waals surface area contributed by atoms with Gasteiger partial charge in [0.25, 0.3) is 11.5 Å². The lowest BCUT2D eigenvalue weighted by atomic mass is 10.1. The van der Waals surface area contributed by atoms with Gasteiger partial charge in [-0.2, -0.15) is 0 Å². The van der Waals surface area contributed by atoms with Crippen LogP contribution in [-0.2, 0) is 7.05 Å². The highest BCUT2D eigenvalue weighted by atomic mass is 16.3. The molecule has 1 aliphatic rings. The van der Waals surface area contributed by atoms with Gasteiger partial charge >= 0.3 is 0 Å². The predicted molar refractivity (Wildman–Crippen MR) is 108 cm³/mol. The van der Waals surface area contributed by atoms with E-state index >= 15 is 0 Å². The molecule has 0 bridgehead atoms. The summed E-state index contributed by atoms with van der Waals surface area (Å²) in [6.07, 6.45) is 1.41. The molecule has 146 valence electrons. The third kappa shape index (κ3) is 2.87. The summed E-state index contributed by atoms with van der Waals surface area (Å²) in [4.78, 5) is 34.0. The number of rotatable bonds is 2. The molecule has 7 heteroatoms. The van der Waals surface area contributed by atoms with E-state index in [2.05, 4.69) is 41.9 Å². The van der Waals surface area contributed by atoms with Crippen molar-refractivity contribution in [2.75, 3.05) is 31.1 Å². The first kappa shape index (κ1) is 18.3. The fraction of sp³-hybridized carbons (Fsp3) is 0.381. The zero-order valence-corrected chi connectivity index (χ0v) is 16.7. The SMILES string of the molecule is Cc1cccc(N2CCN(C(=O)c3c(C)oc4ncn(C)c(=O)c34)CC2)c1C. The van der Waals surface area contributed by atoms with E-state index in [1.165, 1.54) is 27.7 Å². The van der Waals surface area contributed by atoms with Gasteiger partial charge in [0.15, 0.2) is 0 Å². The summed E-state index contributed by atoms with van der Waals surface area (Å²) < 4.78 is 6.95. The molecule has 2 aromatic heterocycles.